The van der Waals surface area contributed by atoms with Gasteiger partial charge in [0.2, 0.25) is 5.88 Å². The van der Waals surface area contributed by atoms with E-state index in [-0.39, 0.29) is 23.8 Å². The van der Waals surface area contributed by atoms with Crippen molar-refractivity contribution in [2.75, 3.05) is 0 Å². The molecule has 0 bridgehead atoms. The van der Waals surface area contributed by atoms with Crippen molar-refractivity contribution in [1.82, 2.24) is 4.98 Å². The number of halogens is 1. The predicted molar refractivity (Wildman–Crippen MR) is 62.9 cm³/mol. The number of hydrogen-bond donors (Lipinski definition) is 2. The van der Waals surface area contributed by atoms with Crippen LogP contribution in [-0.4, -0.2) is 16.4 Å². The molecule has 1 aromatic rings. The molecule has 0 amide bonds. The standard InChI is InChI=1S/C10H15N3O.ClH/c1-10(2,3)14-9-7(8(11)12)5-4-6-13-9;/h4-6H,1-3H3,(H3,11,12);1H. The minimum atomic E-state index is -0.335. The molecular formula is C10H16ClN3O. The lowest BCUT2D eigenvalue weighted by Gasteiger charge is -2.21. The van der Waals surface area contributed by atoms with E-state index in [0.29, 0.717) is 11.4 Å². The minimum Gasteiger partial charge on any atom is -0.471 e. The first-order valence-electron chi connectivity index (χ1n) is 4.38. The third-order valence-corrected chi connectivity index (χ3v) is 1.46. The van der Waals surface area contributed by atoms with Crippen LogP contribution in [0, 0.1) is 5.41 Å². The average Bonchev–Trinajstić information content (AvgIpc) is 2.01. The van der Waals surface area contributed by atoms with Crippen LogP contribution in [0.25, 0.3) is 0 Å². The number of pyridine rings is 1. The molecule has 0 saturated heterocycles. The van der Waals surface area contributed by atoms with E-state index in [9.17, 15) is 0 Å². The van der Waals surface area contributed by atoms with Gasteiger partial charge in [-0.25, -0.2) is 4.98 Å². The number of ether oxygens (including phenoxy) is 1. The maximum Gasteiger partial charge on any atom is 0.224 e. The summed E-state index contributed by atoms with van der Waals surface area (Å²) in [5.74, 6) is 0.379. The van der Waals surface area contributed by atoms with Gasteiger partial charge in [0.25, 0.3) is 0 Å². The second-order valence-corrected chi connectivity index (χ2v) is 3.98. The molecule has 1 heterocycles. The number of amidine groups is 1. The molecule has 15 heavy (non-hydrogen) atoms. The Morgan fingerprint density at radius 1 is 1.47 bits per heavy atom. The summed E-state index contributed by atoms with van der Waals surface area (Å²) in [5.41, 5.74) is 5.59. The molecule has 84 valence electrons. The van der Waals surface area contributed by atoms with Crippen molar-refractivity contribution in [1.29, 1.82) is 5.41 Å². The van der Waals surface area contributed by atoms with Crippen molar-refractivity contribution in [3.05, 3.63) is 23.9 Å². The number of nitrogen functional groups attached to an aromatic ring is 1. The highest BCUT2D eigenvalue weighted by atomic mass is 35.5. The molecule has 0 unspecified atom stereocenters. The monoisotopic (exact) mass is 229 g/mol. The van der Waals surface area contributed by atoms with Gasteiger partial charge in [-0.05, 0) is 32.9 Å². The number of nitrogens with two attached hydrogens (primary N) is 1. The summed E-state index contributed by atoms with van der Waals surface area (Å²) in [6.07, 6.45) is 1.62. The summed E-state index contributed by atoms with van der Waals surface area (Å²) in [6.45, 7) is 5.77. The van der Waals surface area contributed by atoms with Gasteiger partial charge >= 0.3 is 0 Å². The molecule has 0 aliphatic carbocycles. The quantitative estimate of drug-likeness (QED) is 0.602. The smallest absolute Gasteiger partial charge is 0.224 e. The molecule has 5 heteroatoms. The Morgan fingerprint density at radius 2 is 2.07 bits per heavy atom. The molecule has 1 aromatic heterocycles. The van der Waals surface area contributed by atoms with Gasteiger partial charge in [-0.1, -0.05) is 0 Å². The lowest BCUT2D eigenvalue weighted by atomic mass is 10.2. The number of aromatic nitrogens is 1. The van der Waals surface area contributed by atoms with Crippen molar-refractivity contribution in [2.24, 2.45) is 5.73 Å². The highest BCUT2D eigenvalue weighted by molar-refractivity contribution is 5.96. The third kappa shape index (κ3) is 4.16. The molecule has 0 fully saturated rings. The minimum absolute atomic E-state index is 0. The zero-order valence-electron chi connectivity index (χ0n) is 9.07. The molecule has 0 spiro atoms. The molecule has 0 radical (unpaired) electrons. The number of hydrogen-bond acceptors (Lipinski definition) is 3. The van der Waals surface area contributed by atoms with Crippen LogP contribution in [0.5, 0.6) is 5.88 Å². The fraction of sp³-hybridized carbons (Fsp3) is 0.400. The second-order valence-electron chi connectivity index (χ2n) is 3.98. The van der Waals surface area contributed by atoms with Gasteiger partial charge in [0.05, 0.1) is 5.56 Å². The maximum atomic E-state index is 7.34. The van der Waals surface area contributed by atoms with Crippen LogP contribution < -0.4 is 10.5 Å². The highest BCUT2D eigenvalue weighted by Gasteiger charge is 2.16. The van der Waals surface area contributed by atoms with Gasteiger partial charge in [0, 0.05) is 6.20 Å². The molecule has 4 nitrogen and oxygen atoms in total. The van der Waals surface area contributed by atoms with Crippen LogP contribution in [0.4, 0.5) is 0 Å². The Morgan fingerprint density at radius 3 is 2.53 bits per heavy atom. The molecule has 3 N–H and O–H groups in total. The van der Waals surface area contributed by atoms with Crippen LogP contribution in [0.2, 0.25) is 0 Å². The number of nitrogens with one attached hydrogen (secondary N) is 1. The highest BCUT2D eigenvalue weighted by Crippen LogP contribution is 2.19. The van der Waals surface area contributed by atoms with Crippen LogP contribution in [-0.2, 0) is 0 Å². The molecule has 0 aliphatic rings. The molecule has 0 saturated carbocycles. The molecule has 0 aromatic carbocycles. The normalized spacial score (nSPS) is 10.3. The molecule has 0 atom stereocenters. The third-order valence-electron chi connectivity index (χ3n) is 1.46. The summed E-state index contributed by atoms with van der Waals surface area (Å²) in [7, 11) is 0. The summed E-state index contributed by atoms with van der Waals surface area (Å²) in [6, 6.07) is 3.45. The van der Waals surface area contributed by atoms with Gasteiger partial charge in [-0.3, -0.25) is 5.41 Å². The topological polar surface area (TPSA) is 72.0 Å². The first kappa shape index (κ1) is 13.7. The van der Waals surface area contributed by atoms with E-state index in [1.807, 2.05) is 20.8 Å². The SMILES string of the molecule is CC(C)(C)Oc1ncccc1C(=N)N.Cl. The van der Waals surface area contributed by atoms with Crippen molar-refractivity contribution in [3.8, 4) is 5.88 Å². The Bertz CT molecular complexity index is 347. The van der Waals surface area contributed by atoms with Gasteiger partial charge in [0.1, 0.15) is 11.4 Å². The van der Waals surface area contributed by atoms with Crippen molar-refractivity contribution in [2.45, 2.75) is 26.4 Å². The first-order chi connectivity index (χ1) is 6.40. The van der Waals surface area contributed by atoms with Crippen molar-refractivity contribution in [3.63, 3.8) is 0 Å². The van der Waals surface area contributed by atoms with E-state index in [0.717, 1.165) is 0 Å². The summed E-state index contributed by atoms with van der Waals surface area (Å²) in [4.78, 5) is 4.04. The van der Waals surface area contributed by atoms with E-state index in [2.05, 4.69) is 4.98 Å². The van der Waals surface area contributed by atoms with Crippen molar-refractivity contribution < 1.29 is 4.74 Å². The maximum absolute atomic E-state index is 7.34. The van der Waals surface area contributed by atoms with Gasteiger partial charge in [-0.15, -0.1) is 12.4 Å². The largest absolute Gasteiger partial charge is 0.471 e. The van der Waals surface area contributed by atoms with E-state index in [4.69, 9.17) is 15.9 Å². The first-order valence-corrected chi connectivity index (χ1v) is 4.38. The van der Waals surface area contributed by atoms with Crippen LogP contribution >= 0.6 is 12.4 Å². The van der Waals surface area contributed by atoms with E-state index >= 15 is 0 Å². The van der Waals surface area contributed by atoms with Gasteiger partial charge in [0.15, 0.2) is 0 Å². The number of nitrogens with zero attached hydrogens (tertiary/aromatic N) is 1. The van der Waals surface area contributed by atoms with E-state index < -0.39 is 0 Å². The molecule has 1 rings (SSSR count). The van der Waals surface area contributed by atoms with Gasteiger partial charge < -0.3 is 10.5 Å². The van der Waals surface area contributed by atoms with E-state index in [1.54, 1.807) is 18.3 Å². The Hall–Kier alpha value is -1.29. The van der Waals surface area contributed by atoms with Crippen molar-refractivity contribution >= 4 is 18.2 Å². The van der Waals surface area contributed by atoms with E-state index in [1.165, 1.54) is 0 Å². The fourth-order valence-corrected chi connectivity index (χ4v) is 0.967. The lowest BCUT2D eigenvalue weighted by Crippen LogP contribution is -2.25. The zero-order valence-corrected chi connectivity index (χ0v) is 9.89. The average molecular weight is 230 g/mol. The Labute approximate surface area is 95.8 Å². The fourth-order valence-electron chi connectivity index (χ4n) is 0.967. The number of rotatable bonds is 2. The summed E-state index contributed by atoms with van der Waals surface area (Å²) < 4.78 is 5.56. The van der Waals surface area contributed by atoms with Crippen LogP contribution in [0.15, 0.2) is 18.3 Å². The summed E-state index contributed by atoms with van der Waals surface area (Å²) in [5, 5.41) is 7.34. The van der Waals surface area contributed by atoms with Crippen LogP contribution in [0.3, 0.4) is 0 Å². The Balaban J connectivity index is 0.00000196. The molecule has 0 aliphatic heterocycles. The van der Waals surface area contributed by atoms with Gasteiger partial charge in [-0.2, -0.15) is 0 Å². The molecular weight excluding hydrogens is 214 g/mol. The zero-order chi connectivity index (χ0) is 10.8. The van der Waals surface area contributed by atoms with Crippen LogP contribution in [0.1, 0.15) is 26.3 Å². The second kappa shape index (κ2) is 4.98. The lowest BCUT2D eigenvalue weighted by molar-refractivity contribution is 0.124. The summed E-state index contributed by atoms with van der Waals surface area (Å²) >= 11 is 0. The predicted octanol–water partition coefficient (Wildman–Crippen LogP) is 1.96. The Kier molecular flexibility index (Phi) is 4.55.